The number of non-ortho nitro benzene ring substituents is 1. The van der Waals surface area contributed by atoms with E-state index in [0.29, 0.717) is 19.4 Å². The second-order valence-electron chi connectivity index (χ2n) is 10.4. The molecule has 0 fully saturated rings. The molecule has 8 heteroatoms. The van der Waals surface area contributed by atoms with Crippen LogP contribution in [0.4, 0.5) is 10.5 Å². The van der Waals surface area contributed by atoms with Crippen LogP contribution in [0, 0.1) is 10.1 Å². The van der Waals surface area contributed by atoms with Gasteiger partial charge in [-0.05, 0) is 78.8 Å². The van der Waals surface area contributed by atoms with E-state index < -0.39 is 11.1 Å². The Morgan fingerprint density at radius 1 is 0.881 bits per heavy atom. The SMILES string of the molecule is O=C(O)Oc1[nH]c2c(C3=C(c4ccc([N+](=O)[O-])cc4)CCCC3)cccc2c1CCCOc1cccc2ccccc12. The molecule has 1 aliphatic rings. The minimum atomic E-state index is -1.38. The van der Waals surface area contributed by atoms with E-state index in [1.807, 2.05) is 60.7 Å². The van der Waals surface area contributed by atoms with Crippen LogP contribution in [-0.2, 0) is 6.42 Å². The molecule has 1 aliphatic carbocycles. The number of nitro groups is 1. The van der Waals surface area contributed by atoms with Gasteiger partial charge in [0.2, 0.25) is 5.88 Å². The normalized spacial score (nSPS) is 13.4. The lowest BCUT2D eigenvalue weighted by Gasteiger charge is -2.22. The molecule has 1 heterocycles. The van der Waals surface area contributed by atoms with Crippen LogP contribution in [0.3, 0.4) is 0 Å². The number of ether oxygens (including phenoxy) is 2. The van der Waals surface area contributed by atoms with Crippen LogP contribution in [0.5, 0.6) is 11.6 Å². The van der Waals surface area contributed by atoms with Gasteiger partial charge in [-0.25, -0.2) is 4.79 Å². The Hall–Kier alpha value is -5.11. The largest absolute Gasteiger partial charge is 0.512 e. The van der Waals surface area contributed by atoms with Gasteiger partial charge in [0.15, 0.2) is 0 Å². The maximum Gasteiger partial charge on any atom is 0.512 e. The Labute approximate surface area is 242 Å². The highest BCUT2D eigenvalue weighted by atomic mass is 16.7. The number of aromatic amines is 1. The molecule has 1 aromatic heterocycles. The molecule has 6 rings (SSSR count). The molecule has 0 saturated heterocycles. The lowest BCUT2D eigenvalue weighted by molar-refractivity contribution is -0.384. The van der Waals surface area contributed by atoms with E-state index in [1.54, 1.807) is 12.1 Å². The molecule has 212 valence electrons. The average Bonchev–Trinajstić information content (AvgIpc) is 3.35. The number of nitrogens with one attached hydrogen (secondary N) is 1. The van der Waals surface area contributed by atoms with Crippen molar-refractivity contribution in [3.05, 3.63) is 112 Å². The van der Waals surface area contributed by atoms with Crippen molar-refractivity contribution in [2.24, 2.45) is 0 Å². The van der Waals surface area contributed by atoms with Gasteiger partial charge in [-0.3, -0.25) is 10.1 Å². The summed E-state index contributed by atoms with van der Waals surface area (Å²) in [6.07, 6.45) is 3.62. The van der Waals surface area contributed by atoms with E-state index in [-0.39, 0.29) is 11.6 Å². The Kier molecular flexibility index (Phi) is 7.60. The smallest absolute Gasteiger partial charge is 0.493 e. The van der Waals surface area contributed by atoms with Crippen molar-refractivity contribution in [3.63, 3.8) is 0 Å². The highest BCUT2D eigenvalue weighted by molar-refractivity contribution is 6.02. The maximum absolute atomic E-state index is 11.6. The number of rotatable bonds is 9. The van der Waals surface area contributed by atoms with Crippen LogP contribution in [0.15, 0.2) is 84.9 Å². The molecule has 0 amide bonds. The van der Waals surface area contributed by atoms with E-state index >= 15 is 0 Å². The number of nitrogens with zero attached hydrogens (tertiary/aromatic N) is 1. The molecule has 0 unspecified atom stereocenters. The van der Waals surface area contributed by atoms with Gasteiger partial charge in [-0.1, -0.05) is 54.6 Å². The molecule has 0 radical (unpaired) electrons. The highest BCUT2D eigenvalue weighted by Gasteiger charge is 2.22. The summed E-state index contributed by atoms with van der Waals surface area (Å²) < 4.78 is 11.4. The van der Waals surface area contributed by atoms with E-state index in [2.05, 4.69) is 17.1 Å². The third-order valence-electron chi connectivity index (χ3n) is 7.89. The molecule has 42 heavy (non-hydrogen) atoms. The van der Waals surface area contributed by atoms with Crippen LogP contribution in [0.1, 0.15) is 48.8 Å². The van der Waals surface area contributed by atoms with Gasteiger partial charge in [0.25, 0.3) is 5.69 Å². The molecule has 0 aliphatic heterocycles. The Bertz CT molecular complexity index is 1810. The molecular formula is C34H30N2O6. The summed E-state index contributed by atoms with van der Waals surface area (Å²) >= 11 is 0. The van der Waals surface area contributed by atoms with Gasteiger partial charge in [-0.15, -0.1) is 0 Å². The van der Waals surface area contributed by atoms with Crippen LogP contribution < -0.4 is 9.47 Å². The minimum absolute atomic E-state index is 0.0627. The van der Waals surface area contributed by atoms with E-state index in [0.717, 1.165) is 80.9 Å². The summed E-state index contributed by atoms with van der Waals surface area (Å²) in [5, 5.41) is 23.7. The van der Waals surface area contributed by atoms with Gasteiger partial charge in [0, 0.05) is 34.0 Å². The number of hydrogen-bond donors (Lipinski definition) is 2. The topological polar surface area (TPSA) is 115 Å². The minimum Gasteiger partial charge on any atom is -0.493 e. The van der Waals surface area contributed by atoms with Gasteiger partial charge >= 0.3 is 6.16 Å². The fourth-order valence-corrected chi connectivity index (χ4v) is 5.98. The molecule has 8 nitrogen and oxygen atoms in total. The number of aryl methyl sites for hydroxylation is 1. The van der Waals surface area contributed by atoms with E-state index in [4.69, 9.17) is 9.47 Å². The number of aromatic nitrogens is 1. The number of benzene rings is 4. The molecule has 2 N–H and O–H groups in total. The number of carboxylic acid groups (broad SMARTS) is 1. The zero-order chi connectivity index (χ0) is 29.1. The number of nitro benzene ring substituents is 1. The first kappa shape index (κ1) is 27.1. The first-order valence-corrected chi connectivity index (χ1v) is 14.1. The van der Waals surface area contributed by atoms with Crippen molar-refractivity contribution in [1.29, 1.82) is 0 Å². The zero-order valence-electron chi connectivity index (χ0n) is 23.0. The maximum atomic E-state index is 11.6. The predicted octanol–water partition coefficient (Wildman–Crippen LogP) is 8.78. The lowest BCUT2D eigenvalue weighted by atomic mass is 9.83. The fourth-order valence-electron chi connectivity index (χ4n) is 5.98. The quantitative estimate of drug-likeness (QED) is 0.0803. The molecule has 0 spiro atoms. The summed E-state index contributed by atoms with van der Waals surface area (Å²) in [5.74, 6) is 1.04. The average molecular weight is 563 g/mol. The van der Waals surface area contributed by atoms with Crippen LogP contribution in [0.25, 0.3) is 32.8 Å². The number of allylic oxidation sites excluding steroid dienone is 2. The summed E-state index contributed by atoms with van der Waals surface area (Å²) in [5.41, 5.74) is 5.96. The third kappa shape index (κ3) is 5.43. The number of hydrogen-bond acceptors (Lipinski definition) is 5. The monoisotopic (exact) mass is 562 g/mol. The van der Waals surface area contributed by atoms with Crippen molar-refractivity contribution >= 4 is 44.7 Å². The van der Waals surface area contributed by atoms with Crippen molar-refractivity contribution in [2.75, 3.05) is 6.61 Å². The lowest BCUT2D eigenvalue weighted by Crippen LogP contribution is -2.06. The molecule has 5 aromatic rings. The Morgan fingerprint density at radius 3 is 2.38 bits per heavy atom. The number of fused-ring (bicyclic) bond motifs is 2. The van der Waals surface area contributed by atoms with Crippen molar-refractivity contribution in [1.82, 2.24) is 4.98 Å². The number of carbonyl (C=O) groups is 1. The second-order valence-corrected chi connectivity index (χ2v) is 10.4. The van der Waals surface area contributed by atoms with Crippen molar-refractivity contribution in [2.45, 2.75) is 38.5 Å². The Balaban J connectivity index is 1.32. The molecule has 0 saturated carbocycles. The van der Waals surface area contributed by atoms with Gasteiger partial charge in [0.05, 0.1) is 17.0 Å². The van der Waals surface area contributed by atoms with Gasteiger partial charge < -0.3 is 19.6 Å². The third-order valence-corrected chi connectivity index (χ3v) is 7.89. The fraction of sp³-hybridized carbons (Fsp3) is 0.206. The number of para-hydroxylation sites is 1. The van der Waals surface area contributed by atoms with Crippen LogP contribution in [-0.4, -0.2) is 27.8 Å². The molecule has 0 atom stereocenters. The zero-order valence-corrected chi connectivity index (χ0v) is 23.0. The van der Waals surface area contributed by atoms with Gasteiger partial charge in [0.1, 0.15) is 5.75 Å². The first-order valence-electron chi connectivity index (χ1n) is 14.1. The van der Waals surface area contributed by atoms with Gasteiger partial charge in [-0.2, -0.15) is 0 Å². The number of H-pyrrole nitrogens is 1. The molecule has 4 aromatic carbocycles. The van der Waals surface area contributed by atoms with E-state index in [1.165, 1.54) is 0 Å². The summed E-state index contributed by atoms with van der Waals surface area (Å²) in [4.78, 5) is 25.7. The predicted molar refractivity (Wildman–Crippen MR) is 163 cm³/mol. The standard InChI is InChI=1S/C34H30N2O6/c37-34(38)42-33-30(15-7-21-41-31-16-5-9-22-8-1-2-11-26(22)31)29-14-6-13-28(32(29)35-33)27-12-4-3-10-25(27)23-17-19-24(20-18-23)36(39)40/h1-2,5-6,8-9,11,13-14,16-20,35H,3-4,7,10,12,15,21H2,(H,37,38). The van der Waals surface area contributed by atoms with Crippen molar-refractivity contribution < 1.29 is 24.3 Å². The highest BCUT2D eigenvalue weighted by Crippen LogP contribution is 2.42. The van der Waals surface area contributed by atoms with E-state index in [9.17, 15) is 20.0 Å². The summed E-state index contributed by atoms with van der Waals surface area (Å²) in [6.45, 7) is 0.461. The summed E-state index contributed by atoms with van der Waals surface area (Å²) in [6, 6.07) is 26.8. The Morgan fingerprint density at radius 2 is 1.60 bits per heavy atom. The molecule has 0 bridgehead atoms. The summed E-state index contributed by atoms with van der Waals surface area (Å²) in [7, 11) is 0. The first-order chi connectivity index (χ1) is 20.5. The second kappa shape index (κ2) is 11.8. The molecular weight excluding hydrogens is 532 g/mol. The van der Waals surface area contributed by atoms with Crippen LogP contribution >= 0.6 is 0 Å². The van der Waals surface area contributed by atoms with Crippen molar-refractivity contribution in [3.8, 4) is 11.6 Å². The van der Waals surface area contributed by atoms with Crippen LogP contribution in [0.2, 0.25) is 0 Å².